The van der Waals surface area contributed by atoms with Crippen LogP contribution in [0.4, 0.5) is 5.13 Å². The Morgan fingerprint density at radius 2 is 1.88 bits per heavy atom. The van der Waals surface area contributed by atoms with Crippen molar-refractivity contribution in [2.45, 2.75) is 34.6 Å². The van der Waals surface area contributed by atoms with Crippen molar-refractivity contribution in [2.24, 2.45) is 5.41 Å². The molecule has 1 fully saturated rings. The quantitative estimate of drug-likeness (QED) is 0.893. The summed E-state index contributed by atoms with van der Waals surface area (Å²) < 4.78 is 1.30. The van der Waals surface area contributed by atoms with Crippen molar-refractivity contribution in [3.8, 4) is 0 Å². The minimum absolute atomic E-state index is 0.122. The molecule has 5 nitrogen and oxygen atoms in total. The Bertz CT molecular complexity index is 785. The first-order valence-corrected chi connectivity index (χ1v) is 10.2. The van der Waals surface area contributed by atoms with Crippen LogP contribution in [-0.2, 0) is 4.79 Å². The highest BCUT2D eigenvalue weighted by Crippen LogP contribution is 2.32. The topological polar surface area (TPSA) is 48.5 Å². The fraction of sp³-hybridized carbons (Fsp3) is 0.600. The zero-order valence-corrected chi connectivity index (χ0v) is 17.4. The number of rotatable bonds is 4. The van der Waals surface area contributed by atoms with Gasteiger partial charge in [0.1, 0.15) is 0 Å². The van der Waals surface area contributed by atoms with Gasteiger partial charge in [-0.2, -0.15) is 0 Å². The first-order chi connectivity index (χ1) is 12.2. The van der Waals surface area contributed by atoms with E-state index in [1.165, 1.54) is 15.8 Å². The lowest BCUT2D eigenvalue weighted by Crippen LogP contribution is -2.49. The molecule has 1 aromatic heterocycles. The number of amides is 1. The van der Waals surface area contributed by atoms with Gasteiger partial charge >= 0.3 is 0 Å². The van der Waals surface area contributed by atoms with Crippen LogP contribution >= 0.6 is 11.3 Å². The standard InChI is InChI=1S/C20H30N4OS/c1-14-12-15(2)17-16(13-14)22-19(26-17)24-10-8-23(9-11-24)7-6-21-18(25)20(3,4)5/h12-13H,6-11H2,1-5H3,(H,21,25). The fourth-order valence-electron chi connectivity index (χ4n) is 3.26. The van der Waals surface area contributed by atoms with Crippen LogP contribution in [0.3, 0.4) is 0 Å². The van der Waals surface area contributed by atoms with Gasteiger partial charge in [-0.25, -0.2) is 4.98 Å². The normalized spacial score (nSPS) is 16.3. The molecule has 6 heteroatoms. The highest BCUT2D eigenvalue weighted by atomic mass is 32.1. The zero-order chi connectivity index (χ0) is 18.9. The maximum atomic E-state index is 11.9. The zero-order valence-electron chi connectivity index (χ0n) is 16.6. The molecular formula is C20H30N4OS. The largest absolute Gasteiger partial charge is 0.354 e. The van der Waals surface area contributed by atoms with Crippen molar-refractivity contribution in [3.63, 3.8) is 0 Å². The first-order valence-electron chi connectivity index (χ1n) is 9.37. The highest BCUT2D eigenvalue weighted by Gasteiger charge is 2.22. The van der Waals surface area contributed by atoms with Crippen LogP contribution in [-0.4, -0.2) is 55.1 Å². The molecule has 1 aromatic carbocycles. The number of fused-ring (bicyclic) bond motifs is 1. The highest BCUT2D eigenvalue weighted by molar-refractivity contribution is 7.22. The summed E-state index contributed by atoms with van der Waals surface area (Å²) in [7, 11) is 0. The molecule has 2 aromatic rings. The molecule has 142 valence electrons. The SMILES string of the molecule is Cc1cc(C)c2sc(N3CCN(CCNC(=O)C(C)(C)C)CC3)nc2c1. The third kappa shape index (κ3) is 4.35. The number of carbonyl (C=O) groups excluding carboxylic acids is 1. The lowest BCUT2D eigenvalue weighted by Gasteiger charge is -2.34. The molecule has 0 aliphatic carbocycles. The van der Waals surface area contributed by atoms with Gasteiger partial charge in [-0.15, -0.1) is 0 Å². The third-order valence-electron chi connectivity index (χ3n) is 4.85. The maximum absolute atomic E-state index is 11.9. The molecule has 0 unspecified atom stereocenters. The molecule has 1 amide bonds. The smallest absolute Gasteiger partial charge is 0.225 e. The molecule has 26 heavy (non-hydrogen) atoms. The van der Waals surface area contributed by atoms with Crippen molar-refractivity contribution >= 4 is 32.6 Å². The Balaban J connectivity index is 1.52. The number of hydrogen-bond donors (Lipinski definition) is 1. The monoisotopic (exact) mass is 374 g/mol. The van der Waals surface area contributed by atoms with Gasteiger partial charge in [0.05, 0.1) is 10.2 Å². The second kappa shape index (κ2) is 7.53. The third-order valence-corrected chi connectivity index (χ3v) is 6.11. The van der Waals surface area contributed by atoms with E-state index in [0.29, 0.717) is 0 Å². The van der Waals surface area contributed by atoms with E-state index >= 15 is 0 Å². The molecule has 1 aliphatic heterocycles. The van der Waals surface area contributed by atoms with E-state index in [2.05, 4.69) is 41.1 Å². The molecule has 0 bridgehead atoms. The molecule has 1 N–H and O–H groups in total. The predicted octanol–water partition coefficient (Wildman–Crippen LogP) is 3.20. The number of anilines is 1. The van der Waals surface area contributed by atoms with Gasteiger partial charge in [-0.1, -0.05) is 38.2 Å². The van der Waals surface area contributed by atoms with E-state index < -0.39 is 0 Å². The molecule has 2 heterocycles. The first kappa shape index (κ1) is 19.1. The Labute approximate surface area is 160 Å². The molecule has 1 saturated heterocycles. The molecule has 3 rings (SSSR count). The number of nitrogens with zero attached hydrogens (tertiary/aromatic N) is 3. The summed E-state index contributed by atoms with van der Waals surface area (Å²) in [5.74, 6) is 0.122. The summed E-state index contributed by atoms with van der Waals surface area (Å²) in [6.07, 6.45) is 0. The lowest BCUT2D eigenvalue weighted by molar-refractivity contribution is -0.128. The molecule has 0 atom stereocenters. The molecule has 1 aliphatic rings. The van der Waals surface area contributed by atoms with Crippen molar-refractivity contribution < 1.29 is 4.79 Å². The Morgan fingerprint density at radius 3 is 2.54 bits per heavy atom. The average Bonchev–Trinajstić information content (AvgIpc) is 2.98. The van der Waals surface area contributed by atoms with Crippen molar-refractivity contribution in [1.29, 1.82) is 0 Å². The van der Waals surface area contributed by atoms with Crippen LogP contribution in [0, 0.1) is 19.3 Å². The van der Waals surface area contributed by atoms with Gasteiger partial charge < -0.3 is 10.2 Å². The molecule has 0 radical (unpaired) electrons. The minimum Gasteiger partial charge on any atom is -0.354 e. The van der Waals surface area contributed by atoms with Crippen LogP contribution in [0.2, 0.25) is 0 Å². The average molecular weight is 375 g/mol. The van der Waals surface area contributed by atoms with Crippen LogP contribution < -0.4 is 10.2 Å². The Hall–Kier alpha value is -1.66. The number of hydrogen-bond acceptors (Lipinski definition) is 5. The van der Waals surface area contributed by atoms with E-state index in [1.54, 1.807) is 11.3 Å². The number of benzene rings is 1. The Morgan fingerprint density at radius 1 is 1.19 bits per heavy atom. The van der Waals surface area contributed by atoms with E-state index in [0.717, 1.165) is 49.9 Å². The van der Waals surface area contributed by atoms with Gasteiger partial charge in [-0.05, 0) is 31.0 Å². The van der Waals surface area contributed by atoms with E-state index in [4.69, 9.17) is 4.98 Å². The second-order valence-corrected chi connectivity index (χ2v) is 9.24. The van der Waals surface area contributed by atoms with Gasteiger partial charge in [0, 0.05) is 44.7 Å². The molecule has 0 spiro atoms. The van der Waals surface area contributed by atoms with Crippen molar-refractivity contribution in [2.75, 3.05) is 44.2 Å². The van der Waals surface area contributed by atoms with Gasteiger partial charge in [-0.3, -0.25) is 9.69 Å². The summed E-state index contributed by atoms with van der Waals surface area (Å²) >= 11 is 1.80. The van der Waals surface area contributed by atoms with Crippen LogP contribution in [0.25, 0.3) is 10.2 Å². The van der Waals surface area contributed by atoms with Crippen molar-refractivity contribution in [1.82, 2.24) is 15.2 Å². The van der Waals surface area contributed by atoms with Crippen LogP contribution in [0.15, 0.2) is 12.1 Å². The number of nitrogens with one attached hydrogen (secondary N) is 1. The number of aromatic nitrogens is 1. The lowest BCUT2D eigenvalue weighted by atomic mass is 9.96. The van der Waals surface area contributed by atoms with Crippen molar-refractivity contribution in [3.05, 3.63) is 23.3 Å². The summed E-state index contributed by atoms with van der Waals surface area (Å²) in [4.78, 5) is 21.6. The predicted molar refractivity (Wildman–Crippen MR) is 110 cm³/mol. The summed E-state index contributed by atoms with van der Waals surface area (Å²) in [6.45, 7) is 15.8. The van der Waals surface area contributed by atoms with E-state index in [1.807, 2.05) is 20.8 Å². The fourth-order valence-corrected chi connectivity index (χ4v) is 4.32. The van der Waals surface area contributed by atoms with Crippen LogP contribution in [0.1, 0.15) is 31.9 Å². The summed E-state index contributed by atoms with van der Waals surface area (Å²) in [5, 5.41) is 4.17. The van der Waals surface area contributed by atoms with E-state index in [-0.39, 0.29) is 11.3 Å². The summed E-state index contributed by atoms with van der Waals surface area (Å²) in [5.41, 5.74) is 3.39. The molecule has 0 saturated carbocycles. The minimum atomic E-state index is -0.317. The number of thiazole rings is 1. The van der Waals surface area contributed by atoms with Crippen LogP contribution in [0.5, 0.6) is 0 Å². The van der Waals surface area contributed by atoms with Gasteiger partial charge in [0.25, 0.3) is 0 Å². The second-order valence-electron chi connectivity index (χ2n) is 8.26. The maximum Gasteiger partial charge on any atom is 0.225 e. The van der Waals surface area contributed by atoms with Gasteiger partial charge in [0.15, 0.2) is 5.13 Å². The number of aryl methyl sites for hydroxylation is 2. The number of piperazine rings is 1. The van der Waals surface area contributed by atoms with E-state index in [9.17, 15) is 4.79 Å². The summed E-state index contributed by atoms with van der Waals surface area (Å²) in [6, 6.07) is 4.41. The number of carbonyl (C=O) groups is 1. The molecular weight excluding hydrogens is 344 g/mol. The Kier molecular flexibility index (Phi) is 5.53. The van der Waals surface area contributed by atoms with Gasteiger partial charge in [0.2, 0.25) is 5.91 Å².